The molecule has 3 nitrogen and oxygen atoms in total. The van der Waals surface area contributed by atoms with E-state index in [1.807, 2.05) is 30.3 Å². The lowest BCUT2D eigenvalue weighted by Crippen LogP contribution is -2.21. The van der Waals surface area contributed by atoms with Crippen LogP contribution in [0.1, 0.15) is 36.5 Å². The Morgan fingerprint density at radius 3 is 2.57 bits per heavy atom. The Hall–Kier alpha value is -1.29. The highest BCUT2D eigenvalue weighted by atomic mass is 35.5. The molecule has 114 valence electrons. The van der Waals surface area contributed by atoms with Crippen LogP contribution in [-0.2, 0) is 24.5 Å². The Labute approximate surface area is 131 Å². The molecule has 0 unspecified atom stereocenters. The molecular formula is C17H22ClNO2. The van der Waals surface area contributed by atoms with Crippen LogP contribution < -0.4 is 5.32 Å². The molecule has 0 atom stereocenters. The molecule has 0 spiro atoms. The van der Waals surface area contributed by atoms with Gasteiger partial charge < -0.3 is 14.5 Å². The van der Waals surface area contributed by atoms with Crippen LogP contribution in [-0.4, -0.2) is 6.04 Å². The van der Waals surface area contributed by atoms with Crippen molar-refractivity contribution in [1.82, 2.24) is 5.32 Å². The zero-order valence-electron chi connectivity index (χ0n) is 12.8. The molecule has 0 fully saturated rings. The number of nitrogens with one attached hydrogen (secondary N) is 1. The predicted octanol–water partition coefficient (Wildman–Crippen LogP) is 4.46. The van der Waals surface area contributed by atoms with Crippen molar-refractivity contribution in [3.05, 3.63) is 58.0 Å². The van der Waals surface area contributed by atoms with Crippen molar-refractivity contribution in [1.29, 1.82) is 0 Å². The van der Waals surface area contributed by atoms with Gasteiger partial charge in [0.25, 0.3) is 0 Å². The summed E-state index contributed by atoms with van der Waals surface area (Å²) in [4.78, 5) is 0. The second kappa shape index (κ2) is 7.64. The fraction of sp³-hybridized carbons (Fsp3) is 0.412. The third-order valence-corrected chi connectivity index (χ3v) is 3.42. The van der Waals surface area contributed by atoms with Crippen LogP contribution in [0.3, 0.4) is 0 Å². The Morgan fingerprint density at radius 1 is 1.19 bits per heavy atom. The molecule has 4 heteroatoms. The lowest BCUT2D eigenvalue weighted by Gasteiger charge is -2.06. The number of hydrogen-bond donors (Lipinski definition) is 1. The molecule has 1 aromatic carbocycles. The summed E-state index contributed by atoms with van der Waals surface area (Å²) in [6.45, 7) is 8.08. The van der Waals surface area contributed by atoms with E-state index in [0.29, 0.717) is 19.3 Å². The van der Waals surface area contributed by atoms with Gasteiger partial charge in [0.1, 0.15) is 18.1 Å². The Balaban J connectivity index is 1.83. The highest BCUT2D eigenvalue weighted by Gasteiger charge is 2.08. The summed E-state index contributed by atoms with van der Waals surface area (Å²) in [6, 6.07) is 10.2. The lowest BCUT2D eigenvalue weighted by molar-refractivity contribution is 0.0919. The molecule has 0 bridgehead atoms. The first-order chi connectivity index (χ1) is 10.0. The minimum atomic E-state index is 0.444. The first-order valence-corrected chi connectivity index (χ1v) is 7.56. The Morgan fingerprint density at radius 2 is 1.90 bits per heavy atom. The highest BCUT2D eigenvalue weighted by molar-refractivity contribution is 6.30. The maximum absolute atomic E-state index is 5.85. The van der Waals surface area contributed by atoms with Crippen molar-refractivity contribution >= 4 is 11.6 Å². The van der Waals surface area contributed by atoms with Gasteiger partial charge >= 0.3 is 0 Å². The molecular weight excluding hydrogens is 286 g/mol. The van der Waals surface area contributed by atoms with Gasteiger partial charge in [-0.05, 0) is 36.2 Å². The van der Waals surface area contributed by atoms with Gasteiger partial charge in [-0.1, -0.05) is 37.6 Å². The molecule has 1 N–H and O–H groups in total. The molecule has 0 radical (unpaired) electrons. The molecule has 0 amide bonds. The Bertz CT molecular complexity index is 561. The van der Waals surface area contributed by atoms with E-state index >= 15 is 0 Å². The van der Waals surface area contributed by atoms with E-state index in [1.54, 1.807) is 0 Å². The van der Waals surface area contributed by atoms with E-state index in [0.717, 1.165) is 34.2 Å². The molecule has 1 heterocycles. The molecule has 0 saturated heterocycles. The van der Waals surface area contributed by atoms with Crippen molar-refractivity contribution in [3.8, 4) is 0 Å². The quantitative estimate of drug-likeness (QED) is 0.820. The predicted molar refractivity (Wildman–Crippen MR) is 85.4 cm³/mol. The van der Waals surface area contributed by atoms with Crippen LogP contribution in [0.2, 0.25) is 5.02 Å². The average Bonchev–Trinajstić information content (AvgIpc) is 2.79. The van der Waals surface area contributed by atoms with Crippen LogP contribution in [0, 0.1) is 6.92 Å². The van der Waals surface area contributed by atoms with Crippen LogP contribution in [0.15, 0.2) is 34.7 Å². The van der Waals surface area contributed by atoms with Crippen molar-refractivity contribution < 1.29 is 9.15 Å². The number of halogens is 1. The molecule has 1 aromatic heterocycles. The number of furan rings is 1. The summed E-state index contributed by atoms with van der Waals surface area (Å²) in [5.74, 6) is 1.84. The first kappa shape index (κ1) is 16.1. The third kappa shape index (κ3) is 5.20. The summed E-state index contributed by atoms with van der Waals surface area (Å²) in [7, 11) is 0. The van der Waals surface area contributed by atoms with E-state index in [9.17, 15) is 0 Å². The van der Waals surface area contributed by atoms with Gasteiger partial charge in [0, 0.05) is 11.1 Å². The zero-order valence-corrected chi connectivity index (χ0v) is 13.5. The van der Waals surface area contributed by atoms with Gasteiger partial charge in [0.15, 0.2) is 0 Å². The summed E-state index contributed by atoms with van der Waals surface area (Å²) in [6.07, 6.45) is 0. The monoisotopic (exact) mass is 307 g/mol. The van der Waals surface area contributed by atoms with Gasteiger partial charge in [-0.15, -0.1) is 0 Å². The maximum atomic E-state index is 5.85. The summed E-state index contributed by atoms with van der Waals surface area (Å²) in [5.41, 5.74) is 2.26. The van der Waals surface area contributed by atoms with E-state index in [4.69, 9.17) is 20.8 Å². The SMILES string of the molecule is Cc1cc(COCc2ccc(Cl)cc2)oc1CNC(C)C. The van der Waals surface area contributed by atoms with Gasteiger partial charge in [-0.25, -0.2) is 0 Å². The molecule has 0 aliphatic rings. The first-order valence-electron chi connectivity index (χ1n) is 7.18. The number of rotatable bonds is 7. The van der Waals surface area contributed by atoms with Crippen LogP contribution in [0.4, 0.5) is 0 Å². The van der Waals surface area contributed by atoms with Gasteiger partial charge in [-0.2, -0.15) is 0 Å². The maximum Gasteiger partial charge on any atom is 0.130 e. The minimum Gasteiger partial charge on any atom is -0.462 e. The largest absolute Gasteiger partial charge is 0.462 e. The second-order valence-electron chi connectivity index (χ2n) is 5.47. The lowest BCUT2D eigenvalue weighted by atomic mass is 10.2. The van der Waals surface area contributed by atoms with Crippen LogP contribution in [0.5, 0.6) is 0 Å². The summed E-state index contributed by atoms with van der Waals surface area (Å²) in [5, 5.41) is 4.09. The summed E-state index contributed by atoms with van der Waals surface area (Å²) >= 11 is 5.85. The standard InChI is InChI=1S/C17H22ClNO2/c1-12(2)19-9-17-13(3)8-16(21-17)11-20-10-14-4-6-15(18)7-5-14/h4-8,12,19H,9-11H2,1-3H3. The van der Waals surface area contributed by atoms with Crippen molar-refractivity contribution in [2.24, 2.45) is 0 Å². The minimum absolute atomic E-state index is 0.444. The molecule has 0 saturated carbocycles. The highest BCUT2D eigenvalue weighted by Crippen LogP contribution is 2.17. The third-order valence-electron chi connectivity index (χ3n) is 3.17. The fourth-order valence-corrected chi connectivity index (χ4v) is 2.11. The smallest absolute Gasteiger partial charge is 0.130 e. The number of hydrogen-bond acceptors (Lipinski definition) is 3. The van der Waals surface area contributed by atoms with E-state index in [2.05, 4.69) is 26.1 Å². The summed E-state index contributed by atoms with van der Waals surface area (Å²) < 4.78 is 11.5. The zero-order chi connectivity index (χ0) is 15.2. The van der Waals surface area contributed by atoms with Crippen LogP contribution in [0.25, 0.3) is 0 Å². The number of benzene rings is 1. The average molecular weight is 308 g/mol. The van der Waals surface area contributed by atoms with E-state index < -0.39 is 0 Å². The molecule has 21 heavy (non-hydrogen) atoms. The number of ether oxygens (including phenoxy) is 1. The normalized spacial score (nSPS) is 11.3. The van der Waals surface area contributed by atoms with E-state index in [-0.39, 0.29) is 0 Å². The molecule has 0 aliphatic carbocycles. The fourth-order valence-electron chi connectivity index (χ4n) is 1.98. The van der Waals surface area contributed by atoms with Gasteiger partial charge in [0.05, 0.1) is 13.2 Å². The topological polar surface area (TPSA) is 34.4 Å². The molecule has 2 aromatic rings. The number of aryl methyl sites for hydroxylation is 1. The second-order valence-corrected chi connectivity index (χ2v) is 5.91. The Kier molecular flexibility index (Phi) is 5.85. The van der Waals surface area contributed by atoms with Crippen molar-refractivity contribution in [3.63, 3.8) is 0 Å². The van der Waals surface area contributed by atoms with Crippen LogP contribution >= 0.6 is 11.6 Å². The van der Waals surface area contributed by atoms with Crippen molar-refractivity contribution in [2.45, 2.75) is 46.6 Å². The van der Waals surface area contributed by atoms with Gasteiger partial charge in [0.2, 0.25) is 0 Å². The van der Waals surface area contributed by atoms with E-state index in [1.165, 1.54) is 0 Å². The molecule has 2 rings (SSSR count). The van der Waals surface area contributed by atoms with Gasteiger partial charge in [-0.3, -0.25) is 0 Å². The van der Waals surface area contributed by atoms with Crippen molar-refractivity contribution in [2.75, 3.05) is 0 Å². The molecule has 0 aliphatic heterocycles.